The molecule has 3 aliphatic heterocycles. The van der Waals surface area contributed by atoms with E-state index in [1.54, 1.807) is 29.2 Å². The minimum absolute atomic E-state index is 0.103. The minimum Gasteiger partial charge on any atom is -0.449 e. The van der Waals surface area contributed by atoms with Crippen molar-refractivity contribution in [3.8, 4) is 0 Å². The van der Waals surface area contributed by atoms with Gasteiger partial charge < -0.3 is 30.5 Å². The lowest BCUT2D eigenvalue weighted by Gasteiger charge is -2.40. The number of rotatable bonds is 7. The maximum atomic E-state index is 14.4. The van der Waals surface area contributed by atoms with Gasteiger partial charge in [0.05, 0.1) is 5.69 Å². The average molecular weight is 654 g/mol. The number of amides is 3. The zero-order valence-corrected chi connectivity index (χ0v) is 25.5. The molecule has 6 rings (SSSR count). The first-order valence-electron chi connectivity index (χ1n) is 15.4. The number of hydrogen-bond acceptors (Lipinski definition) is 7. The van der Waals surface area contributed by atoms with E-state index < -0.39 is 41.7 Å². The highest BCUT2D eigenvalue weighted by Gasteiger charge is 2.52. The lowest BCUT2D eigenvalue weighted by Crippen LogP contribution is -2.50. The fourth-order valence-electron chi connectivity index (χ4n) is 6.33. The highest BCUT2D eigenvalue weighted by Crippen LogP contribution is 2.41. The quantitative estimate of drug-likeness (QED) is 0.352. The molecule has 0 saturated carbocycles. The van der Waals surface area contributed by atoms with E-state index in [1.807, 2.05) is 28.0 Å². The SMILES string of the molecule is NC(=O)C1=C(C(F)(F)F)N(Cc2ccc(N3CCN(C(=O)Nc4ccccc4F)CC3)nc2)C(N2CCC(c3ccccc3)CC2)O1. The number of anilines is 2. The summed E-state index contributed by atoms with van der Waals surface area (Å²) in [5.41, 5.74) is 5.94. The summed E-state index contributed by atoms with van der Waals surface area (Å²) in [7, 11) is 0. The number of hydrogen-bond donors (Lipinski definition) is 2. The van der Waals surface area contributed by atoms with Crippen LogP contribution in [0.25, 0.3) is 0 Å². The Labute approximate surface area is 269 Å². The smallest absolute Gasteiger partial charge is 0.435 e. The van der Waals surface area contributed by atoms with Crippen LogP contribution in [0.5, 0.6) is 0 Å². The predicted octanol–water partition coefficient (Wildman–Crippen LogP) is 4.83. The van der Waals surface area contributed by atoms with E-state index in [9.17, 15) is 27.2 Å². The Bertz CT molecular complexity index is 1600. The number of piperazine rings is 1. The number of carbonyl (C=O) groups excluding carboxylic acids is 2. The number of primary amides is 1. The summed E-state index contributed by atoms with van der Waals surface area (Å²) in [5, 5.41) is 2.58. The van der Waals surface area contributed by atoms with Gasteiger partial charge in [-0.2, -0.15) is 13.2 Å². The first-order chi connectivity index (χ1) is 22.6. The molecule has 14 heteroatoms. The molecular formula is C33H35F4N7O3. The van der Waals surface area contributed by atoms with Crippen molar-refractivity contribution in [2.45, 2.75) is 37.8 Å². The van der Waals surface area contributed by atoms with Gasteiger partial charge in [-0.1, -0.05) is 48.5 Å². The zero-order valence-electron chi connectivity index (χ0n) is 25.5. The lowest BCUT2D eigenvalue weighted by molar-refractivity contribution is -0.141. The number of aromatic nitrogens is 1. The van der Waals surface area contributed by atoms with Gasteiger partial charge in [-0.15, -0.1) is 0 Å². The van der Waals surface area contributed by atoms with Crippen LogP contribution in [0.4, 0.5) is 33.9 Å². The van der Waals surface area contributed by atoms with Crippen LogP contribution >= 0.6 is 0 Å². The summed E-state index contributed by atoms with van der Waals surface area (Å²) < 4.78 is 62.8. The largest absolute Gasteiger partial charge is 0.449 e. The number of benzene rings is 2. The molecule has 47 heavy (non-hydrogen) atoms. The Morgan fingerprint density at radius 3 is 2.21 bits per heavy atom. The summed E-state index contributed by atoms with van der Waals surface area (Å²) in [6.45, 7) is 2.38. The van der Waals surface area contributed by atoms with Gasteiger partial charge >= 0.3 is 12.2 Å². The molecule has 1 unspecified atom stereocenters. The van der Waals surface area contributed by atoms with E-state index in [4.69, 9.17) is 10.5 Å². The molecule has 0 radical (unpaired) electrons. The highest BCUT2D eigenvalue weighted by molar-refractivity contribution is 5.91. The van der Waals surface area contributed by atoms with Crippen molar-refractivity contribution < 1.29 is 31.9 Å². The zero-order chi connectivity index (χ0) is 33.1. The van der Waals surface area contributed by atoms with E-state index in [0.29, 0.717) is 50.6 Å². The van der Waals surface area contributed by atoms with Crippen LogP contribution in [0, 0.1) is 5.82 Å². The lowest BCUT2D eigenvalue weighted by atomic mass is 9.89. The maximum Gasteiger partial charge on any atom is 0.435 e. The predicted molar refractivity (Wildman–Crippen MR) is 166 cm³/mol. The molecule has 10 nitrogen and oxygen atoms in total. The minimum atomic E-state index is -4.88. The molecule has 2 aromatic carbocycles. The number of nitrogens with one attached hydrogen (secondary N) is 1. The average Bonchev–Trinajstić information content (AvgIpc) is 3.47. The number of piperidine rings is 1. The fraction of sp³-hybridized carbons (Fsp3) is 0.364. The van der Waals surface area contributed by atoms with Crippen molar-refractivity contribution in [2.24, 2.45) is 5.73 Å². The Kier molecular flexibility index (Phi) is 9.21. The number of allylic oxidation sites excluding steroid dienone is 1. The molecule has 1 atom stereocenters. The number of pyridine rings is 1. The van der Waals surface area contributed by atoms with Gasteiger partial charge in [0, 0.05) is 52.0 Å². The third-order valence-corrected chi connectivity index (χ3v) is 8.77. The van der Waals surface area contributed by atoms with Gasteiger partial charge in [-0.3, -0.25) is 9.69 Å². The number of nitrogens with two attached hydrogens (primary N) is 1. The van der Waals surface area contributed by atoms with Crippen molar-refractivity contribution in [1.82, 2.24) is 19.7 Å². The van der Waals surface area contributed by atoms with E-state index in [-0.39, 0.29) is 18.2 Å². The number of alkyl halides is 3. The normalized spacial score (nSPS) is 19.6. The standard InChI is InChI=1S/C33H35F4N7O3/c34-25-8-4-5-9-26(25)40-31(46)42-18-16-41(17-19-42)27-11-10-22(20-39-27)21-44-29(33(35,36)37)28(30(38)45)47-32(44)43-14-12-24(13-15-43)23-6-2-1-3-7-23/h1-11,20,24,32H,12-19,21H2,(H2,38,45)(H,40,46). The van der Waals surface area contributed by atoms with Gasteiger partial charge in [0.1, 0.15) is 11.6 Å². The maximum absolute atomic E-state index is 14.4. The number of para-hydroxylation sites is 1. The molecule has 248 valence electrons. The molecule has 3 amide bonds. The molecule has 4 heterocycles. The number of urea groups is 1. The van der Waals surface area contributed by atoms with Gasteiger partial charge in [-0.25, -0.2) is 14.2 Å². The number of nitrogens with zero attached hydrogens (tertiary/aromatic N) is 5. The summed E-state index contributed by atoms with van der Waals surface area (Å²) in [6.07, 6.45) is -3.10. The van der Waals surface area contributed by atoms with Crippen molar-refractivity contribution in [1.29, 1.82) is 0 Å². The Balaban J connectivity index is 1.12. The third kappa shape index (κ3) is 7.12. The third-order valence-electron chi connectivity index (χ3n) is 8.77. The summed E-state index contributed by atoms with van der Waals surface area (Å²) in [5.74, 6) is -1.82. The molecule has 0 aliphatic carbocycles. The summed E-state index contributed by atoms with van der Waals surface area (Å²) in [4.78, 5) is 35.7. The Hall–Kier alpha value is -4.85. The van der Waals surface area contributed by atoms with E-state index in [0.717, 1.165) is 17.7 Å². The van der Waals surface area contributed by atoms with Crippen LogP contribution < -0.4 is 16.0 Å². The first-order valence-corrected chi connectivity index (χ1v) is 15.4. The number of halogens is 4. The van der Waals surface area contributed by atoms with Crippen LogP contribution in [-0.4, -0.2) is 83.4 Å². The molecule has 0 bridgehead atoms. The molecule has 0 spiro atoms. The van der Waals surface area contributed by atoms with Gasteiger partial charge in [0.25, 0.3) is 5.91 Å². The Morgan fingerprint density at radius 1 is 0.915 bits per heavy atom. The molecular weight excluding hydrogens is 618 g/mol. The van der Waals surface area contributed by atoms with E-state index in [1.165, 1.54) is 23.9 Å². The number of likely N-dealkylation sites (tertiary alicyclic amines) is 1. The molecule has 2 fully saturated rings. The number of ether oxygens (including phenoxy) is 1. The van der Waals surface area contributed by atoms with Gasteiger partial charge in [0.15, 0.2) is 5.70 Å². The second-order valence-corrected chi connectivity index (χ2v) is 11.7. The van der Waals surface area contributed by atoms with Crippen LogP contribution in [0.1, 0.15) is 29.9 Å². The summed E-state index contributed by atoms with van der Waals surface area (Å²) >= 11 is 0. The van der Waals surface area contributed by atoms with Crippen LogP contribution in [-0.2, 0) is 16.1 Å². The van der Waals surface area contributed by atoms with Crippen molar-refractivity contribution in [3.05, 3.63) is 101 Å². The second kappa shape index (κ2) is 13.5. The van der Waals surface area contributed by atoms with Gasteiger partial charge in [-0.05, 0) is 48.1 Å². The van der Waals surface area contributed by atoms with Crippen LogP contribution in [0.3, 0.4) is 0 Å². The first kappa shape index (κ1) is 32.1. The molecule has 3 aliphatic rings. The van der Waals surface area contributed by atoms with E-state index >= 15 is 0 Å². The monoisotopic (exact) mass is 653 g/mol. The molecule has 3 aromatic rings. The second-order valence-electron chi connectivity index (χ2n) is 11.7. The van der Waals surface area contributed by atoms with Crippen LogP contribution in [0.15, 0.2) is 84.4 Å². The van der Waals surface area contributed by atoms with E-state index in [2.05, 4.69) is 22.4 Å². The van der Waals surface area contributed by atoms with Crippen molar-refractivity contribution >= 4 is 23.4 Å². The van der Waals surface area contributed by atoms with Crippen LogP contribution in [0.2, 0.25) is 0 Å². The molecule has 3 N–H and O–H groups in total. The number of carbonyl (C=O) groups is 2. The molecule has 2 saturated heterocycles. The van der Waals surface area contributed by atoms with Gasteiger partial charge in [0.2, 0.25) is 12.1 Å². The molecule has 1 aromatic heterocycles. The van der Waals surface area contributed by atoms with Crippen molar-refractivity contribution in [2.75, 3.05) is 49.5 Å². The highest BCUT2D eigenvalue weighted by atomic mass is 19.4. The Morgan fingerprint density at radius 2 is 1.60 bits per heavy atom. The topological polar surface area (TPSA) is 107 Å². The fourth-order valence-corrected chi connectivity index (χ4v) is 6.33. The summed E-state index contributed by atoms with van der Waals surface area (Å²) in [6, 6.07) is 18.9. The van der Waals surface area contributed by atoms with Crippen molar-refractivity contribution in [3.63, 3.8) is 0 Å².